The van der Waals surface area contributed by atoms with E-state index in [1.807, 2.05) is 24.3 Å². The van der Waals surface area contributed by atoms with E-state index >= 15 is 0 Å². The molecule has 4 heteroatoms. The molecule has 1 N–H and O–H groups in total. The third-order valence-electron chi connectivity index (χ3n) is 1.80. The summed E-state index contributed by atoms with van der Waals surface area (Å²) in [6.45, 7) is 0.315. The second-order valence-corrected chi connectivity index (χ2v) is 3.98. The number of nitrogens with zero attached hydrogens (tertiary/aromatic N) is 1. The lowest BCUT2D eigenvalue weighted by Crippen LogP contribution is -2.28. The van der Waals surface area contributed by atoms with Crippen LogP contribution in [0.3, 0.4) is 0 Å². The van der Waals surface area contributed by atoms with Crippen molar-refractivity contribution < 1.29 is 4.79 Å². The van der Waals surface area contributed by atoms with Crippen LogP contribution in [0, 0.1) is 0 Å². The fraction of sp³-hybridized carbons (Fsp3) is 0.300. The molecule has 0 bridgehead atoms. The molecule has 0 aliphatic carbocycles. The summed E-state index contributed by atoms with van der Waals surface area (Å²) in [4.78, 5) is 12.8. The molecule has 0 radical (unpaired) electrons. The molecule has 1 amide bonds. The van der Waals surface area contributed by atoms with Crippen LogP contribution in [0.15, 0.2) is 28.7 Å². The van der Waals surface area contributed by atoms with Gasteiger partial charge in [0.05, 0.1) is 6.54 Å². The first-order chi connectivity index (χ1) is 6.61. The molecule has 76 valence electrons. The van der Waals surface area contributed by atoms with E-state index in [-0.39, 0.29) is 5.91 Å². The zero-order valence-electron chi connectivity index (χ0n) is 8.25. The average molecular weight is 257 g/mol. The highest BCUT2D eigenvalue weighted by molar-refractivity contribution is 9.10. The zero-order chi connectivity index (χ0) is 10.6. The molecule has 1 aromatic carbocycles. The van der Waals surface area contributed by atoms with Crippen molar-refractivity contribution in [2.24, 2.45) is 0 Å². The molecule has 0 unspecified atom stereocenters. The molecule has 0 aliphatic rings. The Hall–Kier alpha value is -1.03. The predicted octanol–water partition coefficient (Wildman–Crippen LogP) is 1.95. The molecule has 1 rings (SSSR count). The van der Waals surface area contributed by atoms with E-state index < -0.39 is 0 Å². The third-order valence-corrected chi connectivity index (χ3v) is 2.49. The first-order valence-electron chi connectivity index (χ1n) is 4.30. The summed E-state index contributed by atoms with van der Waals surface area (Å²) in [7, 11) is 3.48. The van der Waals surface area contributed by atoms with E-state index in [1.54, 1.807) is 19.0 Å². The second-order valence-electron chi connectivity index (χ2n) is 3.12. The SMILES string of the molecule is CN(C)C(=O)CNc1ccccc1Br. The van der Waals surface area contributed by atoms with Crippen LogP contribution in [-0.2, 0) is 4.79 Å². The monoisotopic (exact) mass is 256 g/mol. The smallest absolute Gasteiger partial charge is 0.241 e. The minimum Gasteiger partial charge on any atom is -0.375 e. The Morgan fingerprint density at radius 2 is 2.07 bits per heavy atom. The predicted molar refractivity (Wildman–Crippen MR) is 61.3 cm³/mol. The van der Waals surface area contributed by atoms with Crippen molar-refractivity contribution in [2.75, 3.05) is 26.0 Å². The summed E-state index contributed by atoms with van der Waals surface area (Å²) in [6.07, 6.45) is 0. The fourth-order valence-corrected chi connectivity index (χ4v) is 1.36. The number of benzene rings is 1. The molecule has 0 atom stereocenters. The highest BCUT2D eigenvalue weighted by Gasteiger charge is 2.04. The number of likely N-dealkylation sites (N-methyl/N-ethyl adjacent to an activating group) is 1. The van der Waals surface area contributed by atoms with Crippen LogP contribution in [0.1, 0.15) is 0 Å². The Bertz CT molecular complexity index is 326. The topological polar surface area (TPSA) is 32.3 Å². The lowest BCUT2D eigenvalue weighted by molar-refractivity contribution is -0.126. The van der Waals surface area contributed by atoms with Crippen molar-refractivity contribution >= 4 is 27.5 Å². The molecule has 14 heavy (non-hydrogen) atoms. The minimum absolute atomic E-state index is 0.0563. The normalized spacial score (nSPS) is 9.64. The Morgan fingerprint density at radius 3 is 2.64 bits per heavy atom. The first-order valence-corrected chi connectivity index (χ1v) is 5.09. The summed E-state index contributed by atoms with van der Waals surface area (Å²) in [5, 5.41) is 3.06. The van der Waals surface area contributed by atoms with Gasteiger partial charge in [-0.25, -0.2) is 0 Å². The summed E-state index contributed by atoms with van der Waals surface area (Å²) in [6, 6.07) is 7.71. The van der Waals surface area contributed by atoms with Gasteiger partial charge >= 0.3 is 0 Å². The van der Waals surface area contributed by atoms with Gasteiger partial charge in [-0.2, -0.15) is 0 Å². The number of para-hydroxylation sites is 1. The molecule has 0 aromatic heterocycles. The molecular formula is C10H13BrN2O. The Kier molecular flexibility index (Phi) is 3.95. The number of anilines is 1. The van der Waals surface area contributed by atoms with E-state index in [4.69, 9.17) is 0 Å². The number of carbonyl (C=O) groups is 1. The van der Waals surface area contributed by atoms with Crippen molar-refractivity contribution in [2.45, 2.75) is 0 Å². The lowest BCUT2D eigenvalue weighted by atomic mass is 10.3. The number of carbonyl (C=O) groups excluding carboxylic acids is 1. The summed E-state index contributed by atoms with van der Waals surface area (Å²) < 4.78 is 0.964. The molecule has 3 nitrogen and oxygen atoms in total. The second kappa shape index (κ2) is 5.00. The Labute approximate surface area is 92.2 Å². The van der Waals surface area contributed by atoms with Crippen LogP contribution < -0.4 is 5.32 Å². The molecule has 0 heterocycles. The van der Waals surface area contributed by atoms with Crippen LogP contribution in [0.2, 0.25) is 0 Å². The van der Waals surface area contributed by atoms with Crippen LogP contribution >= 0.6 is 15.9 Å². The van der Waals surface area contributed by atoms with Gasteiger partial charge in [0.1, 0.15) is 0 Å². The van der Waals surface area contributed by atoms with E-state index in [9.17, 15) is 4.79 Å². The van der Waals surface area contributed by atoms with Crippen LogP contribution in [0.25, 0.3) is 0 Å². The number of nitrogens with one attached hydrogen (secondary N) is 1. The van der Waals surface area contributed by atoms with Crippen molar-refractivity contribution in [3.63, 3.8) is 0 Å². The van der Waals surface area contributed by atoms with Gasteiger partial charge in [-0.1, -0.05) is 12.1 Å². The number of rotatable bonds is 3. The summed E-state index contributed by atoms with van der Waals surface area (Å²) in [5.74, 6) is 0.0563. The van der Waals surface area contributed by atoms with E-state index in [2.05, 4.69) is 21.2 Å². The maximum Gasteiger partial charge on any atom is 0.241 e. The molecular weight excluding hydrogens is 244 g/mol. The molecule has 0 saturated carbocycles. The third kappa shape index (κ3) is 3.03. The highest BCUT2D eigenvalue weighted by atomic mass is 79.9. The molecule has 0 fully saturated rings. The van der Waals surface area contributed by atoms with Crippen molar-refractivity contribution in [3.8, 4) is 0 Å². The van der Waals surface area contributed by atoms with Gasteiger partial charge in [0.25, 0.3) is 0 Å². The number of amides is 1. The number of halogens is 1. The van der Waals surface area contributed by atoms with Crippen molar-refractivity contribution in [1.29, 1.82) is 0 Å². The van der Waals surface area contributed by atoms with Gasteiger partial charge in [-0.3, -0.25) is 4.79 Å². The van der Waals surface area contributed by atoms with Gasteiger partial charge in [-0.15, -0.1) is 0 Å². The molecule has 0 aliphatic heterocycles. The van der Waals surface area contributed by atoms with E-state index in [0.29, 0.717) is 6.54 Å². The lowest BCUT2D eigenvalue weighted by Gasteiger charge is -2.12. The standard InChI is InChI=1S/C10H13BrN2O/c1-13(2)10(14)7-12-9-6-4-3-5-8(9)11/h3-6,12H,7H2,1-2H3. The highest BCUT2D eigenvalue weighted by Crippen LogP contribution is 2.20. The quantitative estimate of drug-likeness (QED) is 0.897. The largest absolute Gasteiger partial charge is 0.375 e. The van der Waals surface area contributed by atoms with E-state index in [0.717, 1.165) is 10.2 Å². The summed E-state index contributed by atoms with van der Waals surface area (Å²) in [5.41, 5.74) is 0.933. The number of hydrogen-bond donors (Lipinski definition) is 1. The molecule has 1 aromatic rings. The molecule has 0 saturated heterocycles. The van der Waals surface area contributed by atoms with Gasteiger partial charge in [0.15, 0.2) is 0 Å². The van der Waals surface area contributed by atoms with Gasteiger partial charge in [0.2, 0.25) is 5.91 Å². The fourth-order valence-electron chi connectivity index (χ4n) is 0.934. The van der Waals surface area contributed by atoms with Crippen LogP contribution in [0.4, 0.5) is 5.69 Å². The van der Waals surface area contributed by atoms with Gasteiger partial charge in [0, 0.05) is 24.3 Å². The average Bonchev–Trinajstić information content (AvgIpc) is 2.16. The van der Waals surface area contributed by atoms with Crippen LogP contribution in [0.5, 0.6) is 0 Å². The van der Waals surface area contributed by atoms with Crippen LogP contribution in [-0.4, -0.2) is 31.4 Å². The van der Waals surface area contributed by atoms with Gasteiger partial charge < -0.3 is 10.2 Å². The maximum absolute atomic E-state index is 11.3. The van der Waals surface area contributed by atoms with E-state index in [1.165, 1.54) is 0 Å². The minimum atomic E-state index is 0.0563. The Morgan fingerprint density at radius 1 is 1.43 bits per heavy atom. The maximum atomic E-state index is 11.3. The van der Waals surface area contributed by atoms with Crippen molar-refractivity contribution in [1.82, 2.24) is 4.90 Å². The summed E-state index contributed by atoms with van der Waals surface area (Å²) >= 11 is 3.40. The zero-order valence-corrected chi connectivity index (χ0v) is 9.84. The number of hydrogen-bond acceptors (Lipinski definition) is 2. The Balaban J connectivity index is 2.54. The van der Waals surface area contributed by atoms with Gasteiger partial charge in [-0.05, 0) is 28.1 Å². The van der Waals surface area contributed by atoms with Crippen molar-refractivity contribution in [3.05, 3.63) is 28.7 Å². The first kappa shape index (κ1) is 11.0. The molecule has 0 spiro atoms.